The maximum Gasteiger partial charge on any atom is 0.322 e. The van der Waals surface area contributed by atoms with Gasteiger partial charge in [-0.25, -0.2) is 4.79 Å². The molecule has 172 valence electrons. The number of amides is 2. The molecule has 2 amide bonds. The lowest BCUT2D eigenvalue weighted by Crippen LogP contribution is -2.46. The van der Waals surface area contributed by atoms with Crippen LogP contribution in [0.3, 0.4) is 0 Å². The normalized spacial score (nSPS) is 16.4. The lowest BCUT2D eigenvalue weighted by molar-refractivity contribution is 0.202. The number of rotatable bonds is 7. The Balaban J connectivity index is 1.78. The van der Waals surface area contributed by atoms with Crippen LogP contribution >= 0.6 is 11.6 Å². The number of hydrogen-bond donors (Lipinski definition) is 1. The molecule has 2 aromatic carbocycles. The predicted molar refractivity (Wildman–Crippen MR) is 128 cm³/mol. The second kappa shape index (κ2) is 9.67. The summed E-state index contributed by atoms with van der Waals surface area (Å²) in [6.45, 7) is 6.79. The van der Waals surface area contributed by atoms with Crippen molar-refractivity contribution >= 4 is 23.2 Å². The highest BCUT2D eigenvalue weighted by atomic mass is 35.5. The molecule has 8 heteroatoms. The summed E-state index contributed by atoms with van der Waals surface area (Å²) < 4.78 is 11.0. The predicted octanol–water partition coefficient (Wildman–Crippen LogP) is 5.94. The van der Waals surface area contributed by atoms with Gasteiger partial charge in [0.05, 0.1) is 18.7 Å². The SMILES string of the molecule is COc1cccc(-c2noc(C3=C(C)N(CCC(C)C)C(=O)NC3c3ccc(Cl)cc3)n2)c1. The van der Waals surface area contributed by atoms with Gasteiger partial charge in [0.1, 0.15) is 5.75 Å². The fourth-order valence-corrected chi connectivity index (χ4v) is 3.96. The monoisotopic (exact) mass is 466 g/mol. The van der Waals surface area contributed by atoms with Crippen LogP contribution in [-0.2, 0) is 0 Å². The van der Waals surface area contributed by atoms with Gasteiger partial charge in [-0.15, -0.1) is 0 Å². The van der Waals surface area contributed by atoms with Crippen LogP contribution in [0.4, 0.5) is 4.79 Å². The fraction of sp³-hybridized carbons (Fsp3) is 0.320. The van der Waals surface area contributed by atoms with Crippen molar-refractivity contribution in [1.29, 1.82) is 0 Å². The van der Waals surface area contributed by atoms with Crippen molar-refractivity contribution in [3.05, 3.63) is 70.7 Å². The molecule has 1 aliphatic heterocycles. The molecule has 0 radical (unpaired) electrons. The van der Waals surface area contributed by atoms with E-state index in [1.165, 1.54) is 0 Å². The Morgan fingerprint density at radius 3 is 2.67 bits per heavy atom. The standard InChI is InChI=1S/C25H27ClN4O3/c1-15(2)12-13-30-16(3)21(22(27-25(30)31)17-8-10-19(26)11-9-17)24-28-23(29-33-24)18-6-5-7-20(14-18)32-4/h5-11,14-15,22H,12-13H2,1-4H3,(H,27,31). The lowest BCUT2D eigenvalue weighted by Gasteiger charge is -2.35. The highest BCUT2D eigenvalue weighted by Gasteiger charge is 2.35. The third-order valence-corrected chi connectivity index (χ3v) is 5.97. The molecule has 1 aliphatic rings. The van der Waals surface area contributed by atoms with E-state index in [0.29, 0.717) is 34.9 Å². The van der Waals surface area contributed by atoms with Gasteiger partial charge < -0.3 is 14.6 Å². The number of carbonyl (C=O) groups is 1. The van der Waals surface area contributed by atoms with E-state index < -0.39 is 6.04 Å². The number of hydrogen-bond acceptors (Lipinski definition) is 5. The minimum absolute atomic E-state index is 0.149. The smallest absolute Gasteiger partial charge is 0.322 e. The molecule has 0 spiro atoms. The Morgan fingerprint density at radius 1 is 1.21 bits per heavy atom. The molecule has 0 bridgehead atoms. The molecule has 0 aliphatic carbocycles. The van der Waals surface area contributed by atoms with Gasteiger partial charge in [0.2, 0.25) is 5.82 Å². The van der Waals surface area contributed by atoms with Crippen molar-refractivity contribution in [2.24, 2.45) is 5.92 Å². The first-order valence-corrected chi connectivity index (χ1v) is 11.3. The summed E-state index contributed by atoms with van der Waals surface area (Å²) in [5, 5.41) is 7.94. The maximum absolute atomic E-state index is 13.0. The van der Waals surface area contributed by atoms with Crippen molar-refractivity contribution in [3.63, 3.8) is 0 Å². The summed E-state index contributed by atoms with van der Waals surface area (Å²) >= 11 is 6.09. The second-order valence-corrected chi connectivity index (χ2v) is 8.86. The van der Waals surface area contributed by atoms with E-state index in [1.807, 2.05) is 43.3 Å². The van der Waals surface area contributed by atoms with E-state index >= 15 is 0 Å². The number of allylic oxidation sites excluding steroid dienone is 1. The molecule has 0 saturated heterocycles. The van der Waals surface area contributed by atoms with Gasteiger partial charge in [0.25, 0.3) is 5.89 Å². The third kappa shape index (κ3) is 4.88. The van der Waals surface area contributed by atoms with E-state index in [9.17, 15) is 4.79 Å². The molecule has 33 heavy (non-hydrogen) atoms. The third-order valence-electron chi connectivity index (χ3n) is 5.71. The number of nitrogens with zero attached hydrogens (tertiary/aromatic N) is 3. The average Bonchev–Trinajstić information content (AvgIpc) is 3.28. The first kappa shape index (κ1) is 22.9. The van der Waals surface area contributed by atoms with E-state index in [-0.39, 0.29) is 6.03 Å². The van der Waals surface area contributed by atoms with Gasteiger partial charge in [-0.3, -0.25) is 4.90 Å². The Hall–Kier alpha value is -3.32. The zero-order chi connectivity index (χ0) is 23.5. The molecule has 1 aromatic heterocycles. The number of methoxy groups -OCH3 is 1. The summed E-state index contributed by atoms with van der Waals surface area (Å²) in [6.07, 6.45) is 0.878. The lowest BCUT2D eigenvalue weighted by atomic mass is 9.94. The minimum Gasteiger partial charge on any atom is -0.497 e. The van der Waals surface area contributed by atoms with Crippen LogP contribution in [0.2, 0.25) is 5.02 Å². The number of ether oxygens (including phenoxy) is 1. The van der Waals surface area contributed by atoms with Crippen LogP contribution < -0.4 is 10.1 Å². The molecule has 3 aromatic rings. The van der Waals surface area contributed by atoms with Gasteiger partial charge >= 0.3 is 6.03 Å². The van der Waals surface area contributed by atoms with E-state index in [4.69, 9.17) is 20.9 Å². The van der Waals surface area contributed by atoms with Crippen LogP contribution in [0, 0.1) is 5.92 Å². The van der Waals surface area contributed by atoms with Gasteiger partial charge in [0, 0.05) is 22.8 Å². The summed E-state index contributed by atoms with van der Waals surface area (Å²) in [5.41, 5.74) is 3.22. The first-order valence-electron chi connectivity index (χ1n) is 10.9. The summed E-state index contributed by atoms with van der Waals surface area (Å²) in [7, 11) is 1.61. The molecular weight excluding hydrogens is 440 g/mol. The summed E-state index contributed by atoms with van der Waals surface area (Å²) in [5.74, 6) is 1.98. The van der Waals surface area contributed by atoms with Gasteiger partial charge in [-0.2, -0.15) is 4.98 Å². The van der Waals surface area contributed by atoms with Gasteiger partial charge in [-0.1, -0.05) is 54.9 Å². The largest absolute Gasteiger partial charge is 0.497 e. The topological polar surface area (TPSA) is 80.5 Å². The quantitative estimate of drug-likeness (QED) is 0.466. The number of aromatic nitrogens is 2. The minimum atomic E-state index is -0.441. The molecule has 0 saturated carbocycles. The summed E-state index contributed by atoms with van der Waals surface area (Å²) in [4.78, 5) is 19.4. The van der Waals surface area contributed by atoms with Crippen molar-refractivity contribution in [1.82, 2.24) is 20.4 Å². The van der Waals surface area contributed by atoms with Gasteiger partial charge in [0.15, 0.2) is 0 Å². The Bertz CT molecular complexity index is 1170. The Labute approximate surface area is 198 Å². The van der Waals surface area contributed by atoms with Crippen molar-refractivity contribution in [2.45, 2.75) is 33.2 Å². The van der Waals surface area contributed by atoms with Crippen LogP contribution in [-0.4, -0.2) is 34.7 Å². The molecule has 1 N–H and O–H groups in total. The van der Waals surface area contributed by atoms with Crippen molar-refractivity contribution in [2.75, 3.05) is 13.7 Å². The molecule has 1 atom stereocenters. The van der Waals surface area contributed by atoms with Crippen molar-refractivity contribution in [3.8, 4) is 17.1 Å². The molecule has 2 heterocycles. The Morgan fingerprint density at radius 2 is 1.97 bits per heavy atom. The number of urea groups is 1. The van der Waals surface area contributed by atoms with Crippen LogP contribution in [0.1, 0.15) is 44.7 Å². The van der Waals surface area contributed by atoms with Crippen molar-refractivity contribution < 1.29 is 14.1 Å². The van der Waals surface area contributed by atoms with E-state index in [2.05, 4.69) is 29.3 Å². The molecule has 7 nitrogen and oxygen atoms in total. The maximum atomic E-state index is 13.0. The average molecular weight is 467 g/mol. The second-order valence-electron chi connectivity index (χ2n) is 8.42. The zero-order valence-electron chi connectivity index (χ0n) is 19.1. The molecule has 4 rings (SSSR count). The molecule has 1 unspecified atom stereocenters. The summed E-state index contributed by atoms with van der Waals surface area (Å²) in [6, 6.07) is 14.3. The molecular formula is C25H27ClN4O3. The fourth-order valence-electron chi connectivity index (χ4n) is 3.83. The number of halogens is 1. The van der Waals surface area contributed by atoms with E-state index in [1.54, 1.807) is 24.1 Å². The first-order chi connectivity index (χ1) is 15.9. The highest BCUT2D eigenvalue weighted by molar-refractivity contribution is 6.30. The Kier molecular flexibility index (Phi) is 6.70. The van der Waals surface area contributed by atoms with Crippen LogP contribution in [0.15, 0.2) is 58.8 Å². The van der Waals surface area contributed by atoms with Crippen LogP contribution in [0.25, 0.3) is 17.0 Å². The van der Waals surface area contributed by atoms with Gasteiger partial charge in [-0.05, 0) is 49.1 Å². The molecule has 0 fully saturated rings. The highest BCUT2D eigenvalue weighted by Crippen LogP contribution is 2.38. The van der Waals surface area contributed by atoms with Crippen LogP contribution in [0.5, 0.6) is 5.75 Å². The number of nitrogens with one attached hydrogen (secondary N) is 1. The zero-order valence-corrected chi connectivity index (χ0v) is 19.9. The number of benzene rings is 2. The number of carbonyl (C=O) groups excluding carboxylic acids is 1. The van der Waals surface area contributed by atoms with E-state index in [0.717, 1.165) is 28.8 Å².